The lowest BCUT2D eigenvalue weighted by Gasteiger charge is -2.32. The average molecular weight is 295 g/mol. The van der Waals surface area contributed by atoms with Crippen LogP contribution in [0.2, 0.25) is 0 Å². The molecule has 0 aromatic carbocycles. The maximum absolute atomic E-state index is 12.6. The summed E-state index contributed by atoms with van der Waals surface area (Å²) in [7, 11) is 0. The number of rotatable bonds is 3. The number of nitrogens with zero attached hydrogens (tertiary/aromatic N) is 1. The molecule has 1 saturated heterocycles. The summed E-state index contributed by atoms with van der Waals surface area (Å²) in [6.07, 6.45) is 7.36. The molecule has 2 rings (SSSR count). The summed E-state index contributed by atoms with van der Waals surface area (Å²) in [6.45, 7) is 5.51. The van der Waals surface area contributed by atoms with Gasteiger partial charge in [-0.3, -0.25) is 4.79 Å². The van der Waals surface area contributed by atoms with Crippen LogP contribution in [0.1, 0.15) is 58.8 Å². The fraction of sp³-hybridized carbons (Fsp3) is 0.875. The van der Waals surface area contributed by atoms with E-state index in [1.807, 2.05) is 0 Å². The smallest absolute Gasteiger partial charge is 0.318 e. The summed E-state index contributed by atoms with van der Waals surface area (Å²) >= 11 is 0. The van der Waals surface area contributed by atoms with Crippen LogP contribution in [0.4, 0.5) is 4.79 Å². The number of hydrogen-bond acceptors (Lipinski definition) is 2. The van der Waals surface area contributed by atoms with Crippen molar-refractivity contribution < 1.29 is 9.59 Å². The van der Waals surface area contributed by atoms with Gasteiger partial charge in [-0.2, -0.15) is 0 Å². The largest absolute Gasteiger partial charge is 0.354 e. The molecular weight excluding hydrogens is 266 g/mol. The van der Waals surface area contributed by atoms with Gasteiger partial charge in [0.05, 0.1) is 0 Å². The molecule has 1 heterocycles. The van der Waals surface area contributed by atoms with Crippen molar-refractivity contribution in [2.75, 3.05) is 13.1 Å². The predicted molar refractivity (Wildman–Crippen MR) is 83.0 cm³/mol. The molecule has 3 amide bonds. The highest BCUT2D eigenvalue weighted by molar-refractivity contribution is 5.87. The third kappa shape index (κ3) is 4.61. The first-order chi connectivity index (χ1) is 10.1. The Morgan fingerprint density at radius 2 is 2.00 bits per heavy atom. The molecule has 1 atom stereocenters. The highest BCUT2D eigenvalue weighted by atomic mass is 16.2. The molecule has 0 aromatic rings. The number of nitrogens with one attached hydrogen (secondary N) is 2. The minimum Gasteiger partial charge on any atom is -0.354 e. The van der Waals surface area contributed by atoms with Gasteiger partial charge in [-0.25, -0.2) is 4.79 Å². The number of amides is 3. The Kier molecular flexibility index (Phi) is 5.88. The van der Waals surface area contributed by atoms with Crippen molar-refractivity contribution in [2.24, 2.45) is 5.92 Å². The summed E-state index contributed by atoms with van der Waals surface area (Å²) in [5, 5.41) is 6.07. The van der Waals surface area contributed by atoms with E-state index in [1.54, 1.807) is 4.90 Å². The van der Waals surface area contributed by atoms with Crippen molar-refractivity contribution in [2.45, 2.75) is 70.9 Å². The van der Waals surface area contributed by atoms with Crippen LogP contribution in [0, 0.1) is 5.92 Å². The lowest BCUT2D eigenvalue weighted by molar-refractivity contribution is -0.125. The van der Waals surface area contributed by atoms with Gasteiger partial charge in [0, 0.05) is 19.1 Å². The van der Waals surface area contributed by atoms with Crippen molar-refractivity contribution in [1.29, 1.82) is 0 Å². The van der Waals surface area contributed by atoms with E-state index >= 15 is 0 Å². The molecule has 5 nitrogen and oxygen atoms in total. The van der Waals surface area contributed by atoms with E-state index in [-0.39, 0.29) is 24.0 Å². The third-order valence-electron chi connectivity index (χ3n) is 4.44. The highest BCUT2D eigenvalue weighted by Gasteiger charge is 2.32. The molecule has 2 fully saturated rings. The summed E-state index contributed by atoms with van der Waals surface area (Å²) in [4.78, 5) is 26.6. The first kappa shape index (κ1) is 16.1. The van der Waals surface area contributed by atoms with E-state index in [2.05, 4.69) is 24.5 Å². The van der Waals surface area contributed by atoms with Crippen LogP contribution in [0.25, 0.3) is 0 Å². The molecule has 0 aromatic heterocycles. The standard InChI is InChI=1S/C16H29N3O2/c1-12(2)11-14-15(20)17-9-6-10-19(14)16(21)18-13-7-4-3-5-8-13/h12-14H,3-11H2,1-2H3,(H,17,20)(H,18,21). The van der Waals surface area contributed by atoms with Gasteiger partial charge in [-0.15, -0.1) is 0 Å². The van der Waals surface area contributed by atoms with Crippen molar-refractivity contribution >= 4 is 11.9 Å². The Labute approximate surface area is 127 Å². The maximum atomic E-state index is 12.6. The number of urea groups is 1. The van der Waals surface area contributed by atoms with E-state index < -0.39 is 0 Å². The Bertz CT molecular complexity index is 365. The zero-order chi connectivity index (χ0) is 15.2. The number of carbonyl (C=O) groups is 2. The van der Waals surface area contributed by atoms with E-state index in [1.165, 1.54) is 19.3 Å². The molecule has 1 aliphatic carbocycles. The van der Waals surface area contributed by atoms with Crippen molar-refractivity contribution in [3.05, 3.63) is 0 Å². The van der Waals surface area contributed by atoms with Gasteiger partial charge in [0.1, 0.15) is 6.04 Å². The van der Waals surface area contributed by atoms with E-state index in [4.69, 9.17) is 0 Å². The number of carbonyl (C=O) groups excluding carboxylic acids is 2. The second kappa shape index (κ2) is 7.66. The van der Waals surface area contributed by atoms with Crippen LogP contribution < -0.4 is 10.6 Å². The van der Waals surface area contributed by atoms with Gasteiger partial charge in [0.25, 0.3) is 0 Å². The summed E-state index contributed by atoms with van der Waals surface area (Å²) < 4.78 is 0. The van der Waals surface area contributed by atoms with Crippen LogP contribution in [0.3, 0.4) is 0 Å². The number of hydrogen-bond donors (Lipinski definition) is 2. The van der Waals surface area contributed by atoms with Gasteiger partial charge in [-0.05, 0) is 31.6 Å². The first-order valence-corrected chi connectivity index (χ1v) is 8.42. The van der Waals surface area contributed by atoms with Crippen molar-refractivity contribution in [1.82, 2.24) is 15.5 Å². The predicted octanol–water partition coefficient (Wildman–Crippen LogP) is 2.27. The molecule has 21 heavy (non-hydrogen) atoms. The molecule has 0 spiro atoms. The highest BCUT2D eigenvalue weighted by Crippen LogP contribution is 2.19. The quantitative estimate of drug-likeness (QED) is 0.839. The molecule has 120 valence electrons. The molecule has 1 unspecified atom stereocenters. The zero-order valence-electron chi connectivity index (χ0n) is 13.4. The molecule has 2 aliphatic rings. The first-order valence-electron chi connectivity index (χ1n) is 8.42. The molecule has 1 aliphatic heterocycles. The summed E-state index contributed by atoms with van der Waals surface area (Å²) in [6, 6.07) is -0.0852. The summed E-state index contributed by atoms with van der Waals surface area (Å²) in [5.74, 6) is 0.392. The molecule has 1 saturated carbocycles. The van der Waals surface area contributed by atoms with Gasteiger partial charge in [-0.1, -0.05) is 33.1 Å². The molecule has 2 N–H and O–H groups in total. The molecular formula is C16H29N3O2. The molecule has 0 bridgehead atoms. The SMILES string of the molecule is CC(C)CC1C(=O)NCCCN1C(=O)NC1CCCCC1. The average Bonchev–Trinajstić information content (AvgIpc) is 2.62. The van der Waals surface area contributed by atoms with E-state index in [9.17, 15) is 9.59 Å². The Morgan fingerprint density at radius 3 is 2.67 bits per heavy atom. The third-order valence-corrected chi connectivity index (χ3v) is 4.44. The van der Waals surface area contributed by atoms with Crippen LogP contribution in [0.15, 0.2) is 0 Å². The Morgan fingerprint density at radius 1 is 1.29 bits per heavy atom. The van der Waals surface area contributed by atoms with Crippen LogP contribution in [0.5, 0.6) is 0 Å². The minimum atomic E-state index is -0.323. The van der Waals surface area contributed by atoms with Gasteiger partial charge >= 0.3 is 6.03 Å². The second-order valence-corrected chi connectivity index (χ2v) is 6.77. The lowest BCUT2D eigenvalue weighted by Crippen LogP contribution is -2.53. The van der Waals surface area contributed by atoms with Crippen molar-refractivity contribution in [3.63, 3.8) is 0 Å². The Balaban J connectivity index is 2.00. The summed E-state index contributed by atoms with van der Waals surface area (Å²) in [5.41, 5.74) is 0. The second-order valence-electron chi connectivity index (χ2n) is 6.77. The topological polar surface area (TPSA) is 61.4 Å². The fourth-order valence-electron chi connectivity index (χ4n) is 3.30. The monoisotopic (exact) mass is 295 g/mol. The zero-order valence-corrected chi connectivity index (χ0v) is 13.4. The minimum absolute atomic E-state index is 0.00000541. The van der Waals surface area contributed by atoms with Gasteiger partial charge in [0.15, 0.2) is 0 Å². The van der Waals surface area contributed by atoms with Crippen molar-refractivity contribution in [3.8, 4) is 0 Å². The fourth-order valence-corrected chi connectivity index (χ4v) is 3.30. The Hall–Kier alpha value is -1.26. The molecule has 5 heteroatoms. The normalized spacial score (nSPS) is 24.6. The van der Waals surface area contributed by atoms with E-state index in [0.29, 0.717) is 19.0 Å². The van der Waals surface area contributed by atoms with E-state index in [0.717, 1.165) is 25.7 Å². The van der Waals surface area contributed by atoms with Crippen LogP contribution in [-0.2, 0) is 4.79 Å². The van der Waals surface area contributed by atoms with Crippen LogP contribution in [-0.4, -0.2) is 42.0 Å². The maximum Gasteiger partial charge on any atom is 0.318 e. The van der Waals surface area contributed by atoms with Crippen LogP contribution >= 0.6 is 0 Å². The van der Waals surface area contributed by atoms with Gasteiger partial charge < -0.3 is 15.5 Å². The van der Waals surface area contributed by atoms with Gasteiger partial charge in [0.2, 0.25) is 5.91 Å². The molecule has 0 radical (unpaired) electrons. The lowest BCUT2D eigenvalue weighted by atomic mass is 9.95.